The third kappa shape index (κ3) is 5.20. The largest absolute Gasteiger partial charge is 0.454 e. The molecule has 1 atom stereocenters. The predicted octanol–water partition coefficient (Wildman–Crippen LogP) is 3.69. The van der Waals surface area contributed by atoms with Crippen molar-refractivity contribution in [2.75, 3.05) is 38.3 Å². The minimum atomic E-state index is -0.172. The maximum Gasteiger partial charge on any atom is 0.242 e. The Morgan fingerprint density at radius 1 is 0.941 bits per heavy atom. The molecule has 0 unspecified atom stereocenters. The lowest BCUT2D eigenvalue weighted by Gasteiger charge is -2.40. The number of amides is 2. The van der Waals surface area contributed by atoms with Gasteiger partial charge in [0, 0.05) is 44.4 Å². The molecule has 7 heteroatoms. The lowest BCUT2D eigenvalue weighted by Crippen LogP contribution is -2.57. The molecule has 2 amide bonds. The van der Waals surface area contributed by atoms with Gasteiger partial charge in [-0.25, -0.2) is 0 Å². The van der Waals surface area contributed by atoms with E-state index in [2.05, 4.69) is 22.3 Å². The van der Waals surface area contributed by atoms with E-state index < -0.39 is 0 Å². The molecule has 2 aliphatic heterocycles. The van der Waals surface area contributed by atoms with Gasteiger partial charge in [-0.3, -0.25) is 14.5 Å². The number of aryl methyl sites for hydroxylation is 1. The number of carbonyl (C=O) groups excluding carboxylic acids is 2. The second-order valence-electron chi connectivity index (χ2n) is 9.45. The number of nitrogens with zero attached hydrogens (tertiary/aromatic N) is 2. The Bertz CT molecular complexity index is 998. The number of hydrogen-bond donors (Lipinski definition) is 1. The van der Waals surface area contributed by atoms with Crippen molar-refractivity contribution in [1.82, 2.24) is 9.80 Å². The van der Waals surface area contributed by atoms with E-state index in [4.69, 9.17) is 9.47 Å². The molecule has 3 aliphatic rings. The van der Waals surface area contributed by atoms with E-state index in [0.29, 0.717) is 36.9 Å². The molecule has 1 aliphatic carbocycles. The third-order valence-corrected chi connectivity index (χ3v) is 7.29. The van der Waals surface area contributed by atoms with Crippen LogP contribution in [0.1, 0.15) is 37.7 Å². The first-order chi connectivity index (χ1) is 16.7. The third-order valence-electron chi connectivity index (χ3n) is 7.29. The molecule has 1 saturated heterocycles. The molecule has 0 radical (unpaired) electrons. The molecule has 2 heterocycles. The molecule has 2 aromatic carbocycles. The monoisotopic (exact) mass is 463 g/mol. The first kappa shape index (κ1) is 22.7. The van der Waals surface area contributed by atoms with Crippen molar-refractivity contribution in [2.45, 2.75) is 44.6 Å². The molecule has 180 valence electrons. The smallest absolute Gasteiger partial charge is 0.242 e. The van der Waals surface area contributed by atoms with Crippen LogP contribution in [0.4, 0.5) is 5.69 Å². The second-order valence-corrected chi connectivity index (χ2v) is 9.45. The van der Waals surface area contributed by atoms with Crippen LogP contribution in [-0.2, 0) is 16.0 Å². The minimum Gasteiger partial charge on any atom is -0.454 e. The highest BCUT2D eigenvalue weighted by Gasteiger charge is 2.37. The Morgan fingerprint density at radius 3 is 2.44 bits per heavy atom. The Kier molecular flexibility index (Phi) is 7.00. The Labute approximate surface area is 201 Å². The van der Waals surface area contributed by atoms with Gasteiger partial charge in [-0.1, -0.05) is 43.2 Å². The van der Waals surface area contributed by atoms with E-state index in [0.717, 1.165) is 38.0 Å². The highest BCUT2D eigenvalue weighted by molar-refractivity contribution is 5.95. The van der Waals surface area contributed by atoms with E-state index >= 15 is 0 Å². The van der Waals surface area contributed by atoms with E-state index in [1.54, 1.807) is 0 Å². The fourth-order valence-corrected chi connectivity index (χ4v) is 5.45. The molecule has 1 saturated carbocycles. The zero-order chi connectivity index (χ0) is 23.3. The first-order valence-corrected chi connectivity index (χ1v) is 12.4. The quantitative estimate of drug-likeness (QED) is 0.678. The summed E-state index contributed by atoms with van der Waals surface area (Å²) in [5.41, 5.74) is 1.92. The molecule has 0 bridgehead atoms. The number of hydrogen-bond acceptors (Lipinski definition) is 5. The summed E-state index contributed by atoms with van der Waals surface area (Å²) in [4.78, 5) is 30.5. The topological polar surface area (TPSA) is 71.1 Å². The van der Waals surface area contributed by atoms with Crippen molar-refractivity contribution in [2.24, 2.45) is 5.92 Å². The molecular weight excluding hydrogens is 430 g/mol. The van der Waals surface area contributed by atoms with E-state index in [1.807, 2.05) is 41.3 Å². The number of piperazine rings is 1. The maximum absolute atomic E-state index is 13.5. The molecule has 0 aromatic heterocycles. The van der Waals surface area contributed by atoms with Crippen molar-refractivity contribution < 1.29 is 19.1 Å². The van der Waals surface area contributed by atoms with Gasteiger partial charge in [-0.05, 0) is 42.9 Å². The highest BCUT2D eigenvalue weighted by Crippen LogP contribution is 2.35. The van der Waals surface area contributed by atoms with E-state index in [1.165, 1.54) is 18.4 Å². The van der Waals surface area contributed by atoms with Gasteiger partial charge in [-0.2, -0.15) is 0 Å². The normalized spacial score (nSPS) is 19.2. The minimum absolute atomic E-state index is 0.0367. The van der Waals surface area contributed by atoms with Crippen LogP contribution in [0.3, 0.4) is 0 Å². The average Bonchev–Trinajstić information content (AvgIpc) is 3.56. The first-order valence-electron chi connectivity index (χ1n) is 12.4. The zero-order valence-electron chi connectivity index (χ0n) is 19.6. The zero-order valence-corrected chi connectivity index (χ0v) is 19.6. The summed E-state index contributed by atoms with van der Waals surface area (Å²) in [6, 6.07) is 15.5. The summed E-state index contributed by atoms with van der Waals surface area (Å²) in [5, 5.41) is 3.12. The van der Waals surface area contributed by atoms with Crippen LogP contribution >= 0.6 is 0 Å². The molecule has 2 aromatic rings. The number of fused-ring (bicyclic) bond motifs is 1. The fraction of sp³-hybridized carbons (Fsp3) is 0.481. The van der Waals surface area contributed by atoms with Gasteiger partial charge in [0.05, 0.1) is 6.04 Å². The van der Waals surface area contributed by atoms with Crippen molar-refractivity contribution in [3.8, 4) is 11.5 Å². The summed E-state index contributed by atoms with van der Waals surface area (Å²) in [6.45, 7) is 3.02. The lowest BCUT2D eigenvalue weighted by molar-refractivity contribution is -0.134. The fourth-order valence-electron chi connectivity index (χ4n) is 5.45. The van der Waals surface area contributed by atoms with E-state index in [-0.39, 0.29) is 24.6 Å². The molecule has 5 rings (SSSR count). The van der Waals surface area contributed by atoms with Crippen molar-refractivity contribution in [1.29, 1.82) is 0 Å². The lowest BCUT2D eigenvalue weighted by atomic mass is 9.94. The Morgan fingerprint density at radius 2 is 1.68 bits per heavy atom. The van der Waals surface area contributed by atoms with Crippen LogP contribution in [0.5, 0.6) is 11.5 Å². The van der Waals surface area contributed by atoms with Gasteiger partial charge in [0.2, 0.25) is 18.6 Å². The van der Waals surface area contributed by atoms with Crippen LogP contribution in [0.25, 0.3) is 0 Å². The summed E-state index contributed by atoms with van der Waals surface area (Å²) in [6.07, 6.45) is 5.81. The highest BCUT2D eigenvalue weighted by atomic mass is 16.7. The number of benzene rings is 2. The van der Waals surface area contributed by atoms with Gasteiger partial charge in [0.1, 0.15) is 0 Å². The molecular formula is C27H33N3O4. The van der Waals surface area contributed by atoms with Gasteiger partial charge < -0.3 is 19.7 Å². The Hall–Kier alpha value is -3.06. The van der Waals surface area contributed by atoms with Gasteiger partial charge >= 0.3 is 0 Å². The van der Waals surface area contributed by atoms with Crippen molar-refractivity contribution >= 4 is 17.5 Å². The molecule has 7 nitrogen and oxygen atoms in total. The number of carbonyl (C=O) groups is 2. The predicted molar refractivity (Wildman–Crippen MR) is 130 cm³/mol. The van der Waals surface area contributed by atoms with Crippen LogP contribution < -0.4 is 14.8 Å². The van der Waals surface area contributed by atoms with Gasteiger partial charge in [0.15, 0.2) is 11.5 Å². The van der Waals surface area contributed by atoms with Crippen LogP contribution in [0.2, 0.25) is 0 Å². The molecule has 34 heavy (non-hydrogen) atoms. The van der Waals surface area contributed by atoms with E-state index in [9.17, 15) is 9.59 Å². The summed E-state index contributed by atoms with van der Waals surface area (Å²) in [7, 11) is 0. The van der Waals surface area contributed by atoms with Crippen LogP contribution in [0, 0.1) is 5.92 Å². The summed E-state index contributed by atoms with van der Waals surface area (Å²) >= 11 is 0. The molecule has 0 spiro atoms. The number of ether oxygens (including phenoxy) is 2. The standard InChI is InChI=1S/C27H33N3O4/c31-25(13-10-20-6-2-1-3-7-20)29-14-16-30(17-15-29)26(21-8-4-5-9-21)27(32)28-22-11-12-23-24(18-22)34-19-33-23/h1-3,6-7,11-12,18,21,26H,4-5,8-10,13-17,19H2,(H,28,32)/t26-/m0/s1. The second kappa shape index (κ2) is 10.5. The van der Waals surface area contributed by atoms with Crippen molar-refractivity contribution in [3.63, 3.8) is 0 Å². The summed E-state index contributed by atoms with van der Waals surface area (Å²) in [5.74, 6) is 1.96. The maximum atomic E-state index is 13.5. The van der Waals surface area contributed by atoms with Crippen LogP contribution in [-0.4, -0.2) is 60.6 Å². The SMILES string of the molecule is O=C(Nc1ccc2c(c1)OCO2)[C@H](C1CCCC1)N1CCN(C(=O)CCc2ccccc2)CC1. The number of nitrogens with one attached hydrogen (secondary N) is 1. The Balaban J connectivity index is 1.19. The number of anilines is 1. The van der Waals surface area contributed by atoms with Gasteiger partial charge in [0.25, 0.3) is 0 Å². The molecule has 2 fully saturated rings. The molecule has 1 N–H and O–H groups in total. The van der Waals surface area contributed by atoms with Gasteiger partial charge in [-0.15, -0.1) is 0 Å². The average molecular weight is 464 g/mol. The van der Waals surface area contributed by atoms with Crippen LogP contribution in [0.15, 0.2) is 48.5 Å². The van der Waals surface area contributed by atoms with Crippen molar-refractivity contribution in [3.05, 3.63) is 54.1 Å². The number of rotatable bonds is 7. The summed E-state index contributed by atoms with van der Waals surface area (Å²) < 4.78 is 10.8.